The van der Waals surface area contributed by atoms with Gasteiger partial charge in [0.15, 0.2) is 0 Å². The number of nitrogens with one attached hydrogen (secondary N) is 1. The number of unbranched alkanes of at least 4 members (excludes halogenated alkanes) is 1. The number of rotatable bonds is 11. The minimum absolute atomic E-state index is 0.116. The van der Waals surface area contributed by atoms with Gasteiger partial charge in [0.2, 0.25) is 0 Å². The minimum atomic E-state index is 0.116. The van der Waals surface area contributed by atoms with Crippen molar-refractivity contribution in [1.29, 1.82) is 0 Å². The summed E-state index contributed by atoms with van der Waals surface area (Å²) in [7, 11) is 6.82. The lowest BCUT2D eigenvalue weighted by atomic mass is 9.84. The summed E-state index contributed by atoms with van der Waals surface area (Å²) in [6, 6.07) is 15.7. The summed E-state index contributed by atoms with van der Waals surface area (Å²) in [5, 5.41) is 3.85. The van der Waals surface area contributed by atoms with Crippen LogP contribution in [0.2, 0.25) is 0 Å². The molecule has 3 rings (SSSR count). The smallest absolute Gasteiger partial charge is 0.0835 e. The largest absolute Gasteiger partial charge is 0.359 e. The molecule has 2 aromatic rings. The highest BCUT2D eigenvalue weighted by Crippen LogP contribution is 2.37. The molecule has 0 amide bonds. The third-order valence-electron chi connectivity index (χ3n) is 7.11. The predicted molar refractivity (Wildman–Crippen MR) is 153 cm³/mol. The van der Waals surface area contributed by atoms with E-state index >= 15 is 0 Å². The van der Waals surface area contributed by atoms with Crippen molar-refractivity contribution in [2.24, 2.45) is 4.99 Å². The highest BCUT2D eigenvalue weighted by Gasteiger charge is 2.22. The van der Waals surface area contributed by atoms with Gasteiger partial charge in [-0.25, -0.2) is 0 Å². The van der Waals surface area contributed by atoms with Crippen LogP contribution in [0.15, 0.2) is 70.5 Å². The molecule has 3 nitrogen and oxygen atoms in total. The van der Waals surface area contributed by atoms with E-state index in [-0.39, 0.29) is 5.92 Å². The van der Waals surface area contributed by atoms with Crippen LogP contribution in [-0.2, 0) is 0 Å². The van der Waals surface area contributed by atoms with Crippen molar-refractivity contribution in [3.63, 3.8) is 0 Å². The quantitative estimate of drug-likeness (QED) is 0.259. The third kappa shape index (κ3) is 7.41. The molecular weight excluding hydrogens is 426 g/mol. The molecule has 2 aromatic carbocycles. The first kappa shape index (κ1) is 26.9. The van der Waals surface area contributed by atoms with Gasteiger partial charge in [-0.15, -0.1) is 0 Å². The Morgan fingerprint density at radius 1 is 1.09 bits per heavy atom. The fourth-order valence-corrected chi connectivity index (χ4v) is 4.68. The molecule has 1 atom stereocenters. The van der Waals surface area contributed by atoms with Gasteiger partial charge in [-0.1, -0.05) is 55.3 Å². The zero-order chi connectivity index (χ0) is 25.4. The highest BCUT2D eigenvalue weighted by atomic mass is 15.3. The van der Waals surface area contributed by atoms with E-state index in [9.17, 15) is 0 Å². The summed E-state index contributed by atoms with van der Waals surface area (Å²) in [5.74, 6) is 0.116. The topological polar surface area (TPSA) is 24.4 Å². The fraction of sp³-hybridized carbons (Fsp3) is 0.469. The van der Waals surface area contributed by atoms with Crippen molar-refractivity contribution in [3.8, 4) is 0 Å². The summed E-state index contributed by atoms with van der Waals surface area (Å²) in [6.07, 6.45) is 11.3. The molecule has 0 aliphatic heterocycles. The van der Waals surface area contributed by atoms with Crippen LogP contribution in [0.25, 0.3) is 0 Å². The van der Waals surface area contributed by atoms with Crippen molar-refractivity contribution in [1.82, 2.24) is 0 Å². The molecule has 0 bridgehead atoms. The van der Waals surface area contributed by atoms with Crippen LogP contribution < -0.4 is 5.32 Å². The van der Waals surface area contributed by atoms with Gasteiger partial charge in [-0.05, 0) is 80.8 Å². The van der Waals surface area contributed by atoms with Gasteiger partial charge in [0, 0.05) is 29.7 Å². The number of hydrogen-bond acceptors (Lipinski definition) is 2. The van der Waals surface area contributed by atoms with Gasteiger partial charge in [-0.3, -0.25) is 4.99 Å². The first-order chi connectivity index (χ1) is 16.7. The lowest BCUT2D eigenvalue weighted by molar-refractivity contribution is -0.870. The Bertz CT molecular complexity index is 1080. The number of quaternary nitrogens is 1. The Morgan fingerprint density at radius 2 is 1.83 bits per heavy atom. The van der Waals surface area contributed by atoms with Gasteiger partial charge >= 0.3 is 0 Å². The molecular formula is C32H46N3+. The van der Waals surface area contributed by atoms with E-state index in [1.54, 1.807) is 5.57 Å². The number of aliphatic imine (C=N–C) groups is 1. The SMILES string of the molecule is CC=N/C(=C\CCC)C(c1cccc(NC(CC[N+](C)(C)C)=C2CCC2)c1)c1cccc(C)c1C. The Kier molecular flexibility index (Phi) is 9.51. The lowest BCUT2D eigenvalue weighted by Gasteiger charge is -2.28. The number of aryl methyl sites for hydroxylation is 1. The van der Waals surface area contributed by atoms with Crippen molar-refractivity contribution >= 4 is 11.9 Å². The van der Waals surface area contributed by atoms with Crippen LogP contribution >= 0.6 is 0 Å². The van der Waals surface area contributed by atoms with E-state index < -0.39 is 0 Å². The summed E-state index contributed by atoms with van der Waals surface area (Å²) in [5.41, 5.74) is 10.7. The summed E-state index contributed by atoms with van der Waals surface area (Å²) in [4.78, 5) is 4.89. The maximum Gasteiger partial charge on any atom is 0.0835 e. The van der Waals surface area contributed by atoms with Crippen LogP contribution in [0.4, 0.5) is 5.69 Å². The van der Waals surface area contributed by atoms with Gasteiger partial charge < -0.3 is 9.80 Å². The van der Waals surface area contributed by atoms with Crippen molar-refractivity contribution in [2.75, 3.05) is 33.0 Å². The molecule has 1 saturated carbocycles. The zero-order valence-corrected chi connectivity index (χ0v) is 23.1. The van der Waals surface area contributed by atoms with Crippen molar-refractivity contribution in [3.05, 3.63) is 87.8 Å². The second-order valence-corrected chi connectivity index (χ2v) is 11.0. The number of nitrogens with zero attached hydrogens (tertiary/aromatic N) is 2. The van der Waals surface area contributed by atoms with E-state index in [1.807, 2.05) is 13.1 Å². The van der Waals surface area contributed by atoms with Crippen LogP contribution in [0.5, 0.6) is 0 Å². The number of benzene rings is 2. The van der Waals surface area contributed by atoms with Gasteiger partial charge in [0.1, 0.15) is 0 Å². The average Bonchev–Trinajstić information content (AvgIpc) is 2.77. The van der Waals surface area contributed by atoms with Crippen LogP contribution in [0.1, 0.15) is 80.5 Å². The van der Waals surface area contributed by atoms with E-state index in [1.165, 1.54) is 52.9 Å². The minimum Gasteiger partial charge on any atom is -0.359 e. The number of anilines is 1. The Hall–Kier alpha value is -2.65. The molecule has 0 aromatic heterocycles. The number of hydrogen-bond donors (Lipinski definition) is 1. The number of allylic oxidation sites excluding steroid dienone is 3. The molecule has 3 heteroatoms. The molecule has 1 unspecified atom stereocenters. The van der Waals surface area contributed by atoms with E-state index in [2.05, 4.69) is 95.8 Å². The molecule has 0 heterocycles. The molecule has 1 fully saturated rings. The second kappa shape index (κ2) is 12.4. The first-order valence-electron chi connectivity index (χ1n) is 13.4. The van der Waals surface area contributed by atoms with Crippen molar-refractivity contribution in [2.45, 2.75) is 72.1 Å². The Morgan fingerprint density at radius 3 is 2.46 bits per heavy atom. The molecule has 1 aliphatic carbocycles. The molecule has 188 valence electrons. The standard InChI is InChI=1S/C32H46N3/c1-8-10-20-31(33-9-2)32(29-19-11-14-24(3)25(29)4)27-17-13-18-28(23-27)34-30(26-15-12-16-26)21-22-35(5,6)7/h9,11,13-14,17-20,23,32,34H,8,10,12,15-16,21-22H2,1-7H3/q+1/b31-20-,33-9?. The summed E-state index contributed by atoms with van der Waals surface area (Å²) in [6.45, 7) is 9.83. The molecule has 0 radical (unpaired) electrons. The monoisotopic (exact) mass is 472 g/mol. The summed E-state index contributed by atoms with van der Waals surface area (Å²) < 4.78 is 0.980. The van der Waals surface area contributed by atoms with Crippen LogP contribution in [-0.4, -0.2) is 38.4 Å². The Balaban J connectivity index is 2.03. The maximum absolute atomic E-state index is 4.89. The molecule has 35 heavy (non-hydrogen) atoms. The maximum atomic E-state index is 4.89. The normalized spacial score (nSPS) is 15.3. The van der Waals surface area contributed by atoms with Gasteiger partial charge in [0.05, 0.1) is 33.6 Å². The lowest BCUT2D eigenvalue weighted by Crippen LogP contribution is -2.36. The molecule has 1 aliphatic rings. The van der Waals surface area contributed by atoms with E-state index in [4.69, 9.17) is 4.99 Å². The van der Waals surface area contributed by atoms with Gasteiger partial charge in [0.25, 0.3) is 0 Å². The van der Waals surface area contributed by atoms with Crippen molar-refractivity contribution < 1.29 is 4.48 Å². The van der Waals surface area contributed by atoms with E-state index in [0.29, 0.717) is 0 Å². The first-order valence-corrected chi connectivity index (χ1v) is 13.4. The van der Waals surface area contributed by atoms with Gasteiger partial charge in [-0.2, -0.15) is 0 Å². The molecule has 0 saturated heterocycles. The second-order valence-electron chi connectivity index (χ2n) is 11.0. The molecule has 0 spiro atoms. The average molecular weight is 473 g/mol. The molecule has 1 N–H and O–H groups in total. The van der Waals surface area contributed by atoms with E-state index in [0.717, 1.165) is 36.0 Å². The third-order valence-corrected chi connectivity index (χ3v) is 7.11. The Labute approximate surface area is 214 Å². The van der Waals surface area contributed by atoms with Crippen LogP contribution in [0.3, 0.4) is 0 Å². The summed E-state index contributed by atoms with van der Waals surface area (Å²) >= 11 is 0. The predicted octanol–water partition coefficient (Wildman–Crippen LogP) is 8.16. The zero-order valence-electron chi connectivity index (χ0n) is 23.1. The fourth-order valence-electron chi connectivity index (χ4n) is 4.68. The highest BCUT2D eigenvalue weighted by molar-refractivity contribution is 5.59. The van der Waals surface area contributed by atoms with Crippen LogP contribution in [0, 0.1) is 13.8 Å².